The Balaban J connectivity index is 2.20. The predicted octanol–water partition coefficient (Wildman–Crippen LogP) is 2.91. The summed E-state index contributed by atoms with van der Waals surface area (Å²) in [5, 5.41) is 0.570. The third-order valence-electron chi connectivity index (χ3n) is 4.46. The summed E-state index contributed by atoms with van der Waals surface area (Å²) in [5.41, 5.74) is 7.44. The molecule has 1 atom stereocenters. The van der Waals surface area contributed by atoms with Gasteiger partial charge in [0.15, 0.2) is 0 Å². The van der Waals surface area contributed by atoms with Crippen LogP contribution < -0.4 is 16.0 Å². The minimum Gasteiger partial charge on any atom is -0.497 e. The highest BCUT2D eigenvalue weighted by molar-refractivity contribution is 5.79. The normalized spacial score (nSPS) is 12.3. The molecule has 0 saturated carbocycles. The summed E-state index contributed by atoms with van der Waals surface area (Å²) >= 11 is 0. The Kier molecular flexibility index (Phi) is 5.14. The van der Waals surface area contributed by atoms with E-state index < -0.39 is 0 Å². The average molecular weight is 337 g/mol. The van der Waals surface area contributed by atoms with Crippen LogP contribution in [0.5, 0.6) is 5.75 Å². The molecule has 0 fully saturated rings. The molecule has 1 aromatic heterocycles. The van der Waals surface area contributed by atoms with Gasteiger partial charge < -0.3 is 10.5 Å². The quantitative estimate of drug-likeness (QED) is 0.751. The highest BCUT2D eigenvalue weighted by atomic mass is 16.5. The van der Waals surface area contributed by atoms with Crippen molar-refractivity contribution in [2.24, 2.45) is 5.73 Å². The van der Waals surface area contributed by atoms with E-state index in [9.17, 15) is 4.79 Å². The van der Waals surface area contributed by atoms with Crippen molar-refractivity contribution >= 4 is 10.9 Å². The van der Waals surface area contributed by atoms with Crippen LogP contribution in [0.25, 0.3) is 10.9 Å². The number of ether oxygens (including phenoxy) is 1. The maximum atomic E-state index is 13.1. The van der Waals surface area contributed by atoms with Crippen LogP contribution in [-0.2, 0) is 6.54 Å². The molecule has 0 aliphatic carbocycles. The number of hydrogen-bond acceptors (Lipinski definition) is 4. The number of benzene rings is 2. The number of nitrogens with two attached hydrogens (primary N) is 1. The Morgan fingerprint density at radius 3 is 2.64 bits per heavy atom. The van der Waals surface area contributed by atoms with E-state index in [2.05, 4.69) is 19.1 Å². The smallest absolute Gasteiger partial charge is 0.261 e. The Morgan fingerprint density at radius 2 is 1.96 bits per heavy atom. The lowest BCUT2D eigenvalue weighted by atomic mass is 10.00. The van der Waals surface area contributed by atoms with Crippen molar-refractivity contribution in [2.75, 3.05) is 13.7 Å². The van der Waals surface area contributed by atoms with Gasteiger partial charge in [-0.1, -0.05) is 37.3 Å². The lowest BCUT2D eigenvalue weighted by molar-refractivity contribution is 0.415. The zero-order chi connectivity index (χ0) is 17.8. The highest BCUT2D eigenvalue weighted by Gasteiger charge is 2.18. The molecule has 1 unspecified atom stereocenters. The molecule has 1 heterocycles. The van der Waals surface area contributed by atoms with E-state index >= 15 is 0 Å². The second-order valence-electron chi connectivity index (χ2n) is 6.08. The Labute approximate surface area is 147 Å². The first-order valence-electron chi connectivity index (χ1n) is 8.49. The van der Waals surface area contributed by atoms with Gasteiger partial charge in [-0.2, -0.15) is 0 Å². The van der Waals surface area contributed by atoms with Gasteiger partial charge in [-0.15, -0.1) is 0 Å². The van der Waals surface area contributed by atoms with Crippen molar-refractivity contribution < 1.29 is 4.74 Å². The van der Waals surface area contributed by atoms with Crippen molar-refractivity contribution in [3.05, 3.63) is 70.3 Å². The summed E-state index contributed by atoms with van der Waals surface area (Å²) in [6.07, 6.45) is 0.728. The van der Waals surface area contributed by atoms with E-state index in [1.54, 1.807) is 17.7 Å². The van der Waals surface area contributed by atoms with Gasteiger partial charge in [-0.05, 0) is 36.7 Å². The Morgan fingerprint density at radius 1 is 1.20 bits per heavy atom. The first kappa shape index (κ1) is 17.2. The van der Waals surface area contributed by atoms with E-state index in [1.165, 1.54) is 0 Å². The number of aromatic nitrogens is 2. The molecule has 2 aromatic carbocycles. The maximum Gasteiger partial charge on any atom is 0.261 e. The summed E-state index contributed by atoms with van der Waals surface area (Å²) < 4.78 is 7.01. The van der Waals surface area contributed by atoms with Gasteiger partial charge >= 0.3 is 0 Å². The molecule has 0 aliphatic rings. The van der Waals surface area contributed by atoms with Crippen molar-refractivity contribution in [3.8, 4) is 5.75 Å². The van der Waals surface area contributed by atoms with Crippen LogP contribution in [0.2, 0.25) is 0 Å². The molecule has 0 amide bonds. The molecule has 0 bridgehead atoms. The van der Waals surface area contributed by atoms with Gasteiger partial charge in [-0.3, -0.25) is 9.36 Å². The number of nitrogens with zero attached hydrogens (tertiary/aromatic N) is 2. The van der Waals surface area contributed by atoms with Crippen LogP contribution >= 0.6 is 0 Å². The van der Waals surface area contributed by atoms with Gasteiger partial charge in [0.1, 0.15) is 11.6 Å². The monoisotopic (exact) mass is 337 g/mol. The Hall–Kier alpha value is -2.66. The van der Waals surface area contributed by atoms with Gasteiger partial charge in [0.05, 0.1) is 18.0 Å². The summed E-state index contributed by atoms with van der Waals surface area (Å²) in [4.78, 5) is 17.9. The van der Waals surface area contributed by atoms with E-state index in [0.29, 0.717) is 29.7 Å². The fourth-order valence-corrected chi connectivity index (χ4v) is 3.03. The SMILES string of the molecule is COc1ccc2nc(C(C)c3ccccc3)n(CCCN)c(=O)c2c1. The first-order chi connectivity index (χ1) is 12.2. The van der Waals surface area contributed by atoms with E-state index in [-0.39, 0.29) is 11.5 Å². The predicted molar refractivity (Wildman–Crippen MR) is 100 cm³/mol. The van der Waals surface area contributed by atoms with Crippen LogP contribution in [0.15, 0.2) is 53.3 Å². The maximum absolute atomic E-state index is 13.1. The fourth-order valence-electron chi connectivity index (χ4n) is 3.03. The van der Waals surface area contributed by atoms with Crippen LogP contribution in [0.4, 0.5) is 0 Å². The summed E-state index contributed by atoms with van der Waals surface area (Å²) in [7, 11) is 1.59. The molecule has 3 aromatic rings. The van der Waals surface area contributed by atoms with Gasteiger partial charge in [0.2, 0.25) is 0 Å². The standard InChI is InChI=1S/C20H23N3O2/c1-14(15-7-4-3-5-8-15)19-22-18-10-9-16(25-2)13-17(18)20(24)23(19)12-6-11-21/h3-5,7-10,13-14H,6,11-12,21H2,1-2H3. The van der Waals surface area contributed by atoms with Crippen LogP contribution in [0, 0.1) is 0 Å². The summed E-state index contributed by atoms with van der Waals surface area (Å²) in [6.45, 7) is 3.16. The van der Waals surface area contributed by atoms with Gasteiger partial charge in [-0.25, -0.2) is 4.98 Å². The molecule has 5 heteroatoms. The minimum absolute atomic E-state index is 0.0122. The lowest BCUT2D eigenvalue weighted by Gasteiger charge is -2.19. The number of hydrogen-bond donors (Lipinski definition) is 1. The summed E-state index contributed by atoms with van der Waals surface area (Å²) in [6, 6.07) is 15.5. The summed E-state index contributed by atoms with van der Waals surface area (Å²) in [5.74, 6) is 1.43. The van der Waals surface area contributed by atoms with Crippen LogP contribution in [0.3, 0.4) is 0 Å². The molecule has 5 nitrogen and oxygen atoms in total. The van der Waals surface area contributed by atoms with E-state index in [4.69, 9.17) is 15.5 Å². The van der Waals surface area contributed by atoms with Crippen LogP contribution in [-0.4, -0.2) is 23.2 Å². The minimum atomic E-state index is -0.0462. The average Bonchev–Trinajstić information content (AvgIpc) is 2.67. The molecule has 2 N–H and O–H groups in total. The van der Waals surface area contributed by atoms with Crippen molar-refractivity contribution in [1.82, 2.24) is 9.55 Å². The zero-order valence-electron chi connectivity index (χ0n) is 14.6. The molecular weight excluding hydrogens is 314 g/mol. The molecule has 0 saturated heterocycles. The topological polar surface area (TPSA) is 70.1 Å². The molecule has 3 rings (SSSR count). The zero-order valence-corrected chi connectivity index (χ0v) is 14.6. The van der Waals surface area contributed by atoms with Gasteiger partial charge in [0, 0.05) is 12.5 Å². The largest absolute Gasteiger partial charge is 0.497 e. The molecule has 130 valence electrons. The Bertz CT molecular complexity index is 919. The number of fused-ring (bicyclic) bond motifs is 1. The first-order valence-corrected chi connectivity index (χ1v) is 8.49. The van der Waals surface area contributed by atoms with Gasteiger partial charge in [0.25, 0.3) is 5.56 Å². The van der Waals surface area contributed by atoms with Crippen molar-refractivity contribution in [3.63, 3.8) is 0 Å². The van der Waals surface area contributed by atoms with Crippen molar-refractivity contribution in [2.45, 2.75) is 25.8 Å². The molecule has 0 aliphatic heterocycles. The highest BCUT2D eigenvalue weighted by Crippen LogP contribution is 2.24. The molecular formula is C20H23N3O2. The van der Waals surface area contributed by atoms with E-state index in [0.717, 1.165) is 17.8 Å². The molecule has 0 spiro atoms. The van der Waals surface area contributed by atoms with Crippen LogP contribution in [0.1, 0.15) is 30.7 Å². The second-order valence-corrected chi connectivity index (χ2v) is 6.08. The molecule has 25 heavy (non-hydrogen) atoms. The number of methoxy groups -OCH3 is 1. The fraction of sp³-hybridized carbons (Fsp3) is 0.300. The third kappa shape index (κ3) is 3.42. The molecule has 0 radical (unpaired) electrons. The number of rotatable bonds is 6. The van der Waals surface area contributed by atoms with E-state index in [1.807, 2.05) is 30.3 Å². The third-order valence-corrected chi connectivity index (χ3v) is 4.46. The lowest BCUT2D eigenvalue weighted by Crippen LogP contribution is -2.28. The second kappa shape index (κ2) is 7.49. The van der Waals surface area contributed by atoms with Crippen molar-refractivity contribution in [1.29, 1.82) is 0 Å².